The summed E-state index contributed by atoms with van der Waals surface area (Å²) in [6, 6.07) is -0.00225. The van der Waals surface area contributed by atoms with E-state index in [2.05, 4.69) is 10.2 Å². The molecule has 3 rings (SSSR count). The zero-order chi connectivity index (χ0) is 15.9. The van der Waals surface area contributed by atoms with Gasteiger partial charge < -0.3 is 0 Å². The van der Waals surface area contributed by atoms with Crippen molar-refractivity contribution in [2.75, 3.05) is 13.1 Å². The van der Waals surface area contributed by atoms with Crippen LogP contribution in [-0.4, -0.2) is 65.4 Å². The molecule has 0 unspecified atom stereocenters. The van der Waals surface area contributed by atoms with Gasteiger partial charge >= 0.3 is 144 Å². The Bertz CT molecular complexity index is 435. The van der Waals surface area contributed by atoms with Gasteiger partial charge in [-0.15, -0.1) is 0 Å². The van der Waals surface area contributed by atoms with Crippen molar-refractivity contribution in [2.24, 2.45) is 0 Å². The third kappa shape index (κ3) is 3.34. The Morgan fingerprint density at radius 1 is 1.45 bits per heavy atom. The number of piperidine rings is 1. The first-order chi connectivity index (χ1) is 10.4. The molecule has 0 bridgehead atoms. The summed E-state index contributed by atoms with van der Waals surface area (Å²) in [5, 5.41) is 14.3. The number of ether oxygens (including phenoxy) is 2. The van der Waals surface area contributed by atoms with E-state index in [-0.39, 0.29) is 30.4 Å². The Hall–Kier alpha value is 0.205. The van der Waals surface area contributed by atoms with Gasteiger partial charge in [0.2, 0.25) is 0 Å². The molecule has 0 amide bonds. The van der Waals surface area contributed by atoms with E-state index < -0.39 is 36.9 Å². The molecule has 3 fully saturated rings. The monoisotopic (exact) mass is 502 g/mol. The normalized spacial score (nSPS) is 40.5. The second kappa shape index (κ2) is 6.60. The zero-order valence-corrected chi connectivity index (χ0v) is 18.9. The predicted octanol–water partition coefficient (Wildman–Crippen LogP) is -0.150. The summed E-state index contributed by atoms with van der Waals surface area (Å²) in [4.78, 5) is 13.3. The van der Waals surface area contributed by atoms with Gasteiger partial charge in [-0.1, -0.05) is 0 Å². The van der Waals surface area contributed by atoms with Crippen LogP contribution in [0.25, 0.3) is 0 Å². The summed E-state index contributed by atoms with van der Waals surface area (Å²) in [7, 11) is 0. The first-order valence-electron chi connectivity index (χ1n) is 8.05. The van der Waals surface area contributed by atoms with Gasteiger partial charge in [0.25, 0.3) is 0 Å². The van der Waals surface area contributed by atoms with E-state index in [1.807, 2.05) is 13.8 Å². The Morgan fingerprint density at radius 2 is 2.18 bits per heavy atom. The maximum absolute atomic E-state index is 11.0. The number of nitrogens with one attached hydrogen (secondary N) is 1. The van der Waals surface area contributed by atoms with E-state index in [9.17, 15) is 9.90 Å². The molecule has 0 spiro atoms. The van der Waals surface area contributed by atoms with Gasteiger partial charge in [-0.2, -0.15) is 0 Å². The quantitative estimate of drug-likeness (QED) is 0.522. The van der Waals surface area contributed by atoms with Crippen LogP contribution in [0.15, 0.2) is 0 Å². The van der Waals surface area contributed by atoms with Crippen LogP contribution in [-0.2, 0) is 41.9 Å². The van der Waals surface area contributed by atoms with Gasteiger partial charge in [-0.25, -0.2) is 0 Å². The molecule has 0 saturated carbocycles. The number of aliphatic hydroxyl groups excluding tert-OH is 1. The van der Waals surface area contributed by atoms with Gasteiger partial charge in [0, 0.05) is 0 Å². The van der Waals surface area contributed by atoms with Crippen LogP contribution in [0.2, 0.25) is 3.93 Å². The van der Waals surface area contributed by atoms with E-state index >= 15 is 0 Å². The summed E-state index contributed by atoms with van der Waals surface area (Å²) in [6.07, 6.45) is 0.0360. The molecular formula is C14H24HgN2O5. The summed E-state index contributed by atoms with van der Waals surface area (Å²) in [5.74, 6) is -0.865. The Kier molecular flexibility index (Phi) is 5.12. The Labute approximate surface area is 143 Å². The van der Waals surface area contributed by atoms with Crippen molar-refractivity contribution in [3.8, 4) is 0 Å². The molecule has 7 nitrogen and oxygen atoms in total. The van der Waals surface area contributed by atoms with Crippen molar-refractivity contribution in [3.05, 3.63) is 0 Å². The molecule has 5 atom stereocenters. The number of hydrogen-bond acceptors (Lipinski definition) is 7. The molecule has 3 heterocycles. The molecule has 0 aromatic heterocycles. The van der Waals surface area contributed by atoms with Crippen LogP contribution in [0.1, 0.15) is 27.2 Å². The van der Waals surface area contributed by atoms with Crippen molar-refractivity contribution in [1.82, 2.24) is 10.2 Å². The average Bonchev–Trinajstić information content (AvgIpc) is 2.78. The van der Waals surface area contributed by atoms with Gasteiger partial charge in [0.15, 0.2) is 0 Å². The minimum absolute atomic E-state index is 0.00225. The second-order valence-corrected chi connectivity index (χ2v) is 11.7. The molecule has 0 radical (unpaired) electrons. The van der Waals surface area contributed by atoms with Crippen molar-refractivity contribution in [2.45, 2.75) is 67.4 Å². The van der Waals surface area contributed by atoms with E-state index in [0.29, 0.717) is 0 Å². The molecule has 3 aliphatic rings. The van der Waals surface area contributed by atoms with Gasteiger partial charge in [0.1, 0.15) is 0 Å². The van der Waals surface area contributed by atoms with E-state index in [1.54, 1.807) is 0 Å². The summed E-state index contributed by atoms with van der Waals surface area (Å²) in [6.45, 7) is 7.11. The van der Waals surface area contributed by atoms with E-state index in [4.69, 9.17) is 12.1 Å². The third-order valence-corrected chi connectivity index (χ3v) is 10.2. The molecular weight excluding hydrogens is 477 g/mol. The third-order valence-electron chi connectivity index (χ3n) is 4.65. The zero-order valence-electron chi connectivity index (χ0n) is 13.4. The molecule has 8 heteroatoms. The minimum atomic E-state index is -1.77. The van der Waals surface area contributed by atoms with E-state index in [1.165, 1.54) is 6.92 Å². The molecule has 0 aliphatic carbocycles. The topological polar surface area (TPSA) is 80.3 Å². The Balaban J connectivity index is 1.76. The Morgan fingerprint density at radius 3 is 2.91 bits per heavy atom. The standard InChI is InChI=1S/C12H21N2O3.C2H4O2.Hg/c1-7-8(15)9-10(17-12(2,3)16-9)11-13-5-4-6-14(7)11;1-2(3)4;/h7-11,13,15H,1,4-6H2,2-3H3;1H3,(H,3,4);/q;;+1/p-1/t7-,8+,9-,10-,11-;;/m0../s1. The fraction of sp³-hybridized carbons (Fsp3) is 0.929. The van der Waals surface area contributed by atoms with Crippen LogP contribution in [0, 0.1) is 0 Å². The van der Waals surface area contributed by atoms with Gasteiger partial charge in [0.05, 0.1) is 0 Å². The number of carbonyl (C=O) groups is 1. The first-order valence-corrected chi connectivity index (χ1v) is 14.2. The molecule has 22 heavy (non-hydrogen) atoms. The summed E-state index contributed by atoms with van der Waals surface area (Å²) in [5.41, 5.74) is 0. The molecule has 0 aromatic rings. The second-order valence-electron chi connectivity index (χ2n) is 6.74. The fourth-order valence-corrected chi connectivity index (χ4v) is 8.98. The number of fused-ring (bicyclic) bond motifs is 3. The van der Waals surface area contributed by atoms with Crippen LogP contribution in [0.3, 0.4) is 0 Å². The number of hydrogen-bond donors (Lipinski definition) is 2. The van der Waals surface area contributed by atoms with Gasteiger partial charge in [-0.3, -0.25) is 0 Å². The van der Waals surface area contributed by atoms with Crippen molar-refractivity contribution >= 4 is 5.97 Å². The van der Waals surface area contributed by atoms with Gasteiger partial charge in [-0.05, 0) is 0 Å². The molecule has 0 aromatic carbocycles. The van der Waals surface area contributed by atoms with Crippen LogP contribution >= 0.6 is 0 Å². The van der Waals surface area contributed by atoms with Crippen molar-refractivity contribution in [3.63, 3.8) is 0 Å². The molecule has 3 aliphatic heterocycles. The summed E-state index contributed by atoms with van der Waals surface area (Å²) < 4.78 is 18.1. The molecule has 122 valence electrons. The van der Waals surface area contributed by atoms with Crippen LogP contribution in [0.5, 0.6) is 0 Å². The molecule has 2 N–H and O–H groups in total. The van der Waals surface area contributed by atoms with E-state index in [0.717, 1.165) is 23.4 Å². The SMILES string of the molecule is CC(=O)[O][Hg][CH2][C@H]1[C@@H](O)[C@@H]2OC(C)(C)O[C@@H]2[C@H]2NCCCN21. The first kappa shape index (κ1) is 17.0. The predicted molar refractivity (Wildman–Crippen MR) is 73.3 cm³/mol. The number of aliphatic hydroxyl groups is 1. The number of carbonyl (C=O) groups excluding carboxylic acids is 1. The van der Waals surface area contributed by atoms with Crippen molar-refractivity contribution < 1.29 is 47.1 Å². The summed E-state index contributed by atoms with van der Waals surface area (Å²) >= 11 is -1.77. The number of rotatable bonds is 3. The van der Waals surface area contributed by atoms with Crippen LogP contribution < -0.4 is 5.32 Å². The number of nitrogens with zero attached hydrogens (tertiary/aromatic N) is 1. The van der Waals surface area contributed by atoms with Crippen molar-refractivity contribution in [1.29, 1.82) is 0 Å². The maximum atomic E-state index is 11.0. The fourth-order valence-electron chi connectivity index (χ4n) is 3.85. The molecule has 3 saturated heterocycles. The average molecular weight is 501 g/mol. The van der Waals surface area contributed by atoms with Crippen LogP contribution in [0.4, 0.5) is 0 Å².